The van der Waals surface area contributed by atoms with Crippen LogP contribution in [0.15, 0.2) is 66.2 Å². The van der Waals surface area contributed by atoms with Gasteiger partial charge in [0.1, 0.15) is 17.4 Å². The van der Waals surface area contributed by atoms with E-state index >= 15 is 0 Å². The summed E-state index contributed by atoms with van der Waals surface area (Å²) in [5, 5.41) is 11.3. The molecule has 0 saturated carbocycles. The summed E-state index contributed by atoms with van der Waals surface area (Å²) in [4.78, 5) is 32.3. The Bertz CT molecular complexity index is 1570. The van der Waals surface area contributed by atoms with E-state index in [1.54, 1.807) is 18.2 Å². The number of benzene rings is 3. The minimum atomic E-state index is -1.10. The quantitative estimate of drug-likeness (QED) is 0.201. The van der Waals surface area contributed by atoms with Gasteiger partial charge in [-0.25, -0.2) is 13.8 Å². The zero-order valence-electron chi connectivity index (χ0n) is 19.7. The summed E-state index contributed by atoms with van der Waals surface area (Å²) < 4.78 is 38.9. The number of ether oxygens (including phenoxy) is 2. The van der Waals surface area contributed by atoms with Crippen LogP contribution in [-0.4, -0.2) is 35.5 Å². The first-order valence-electron chi connectivity index (χ1n) is 11.3. The molecule has 1 N–H and O–H groups in total. The van der Waals surface area contributed by atoms with Crippen LogP contribution in [-0.2, 0) is 9.59 Å². The summed E-state index contributed by atoms with van der Waals surface area (Å²) in [6, 6.07) is 12.7. The van der Waals surface area contributed by atoms with Gasteiger partial charge in [-0.2, -0.15) is 0 Å². The lowest BCUT2D eigenvalue weighted by Crippen LogP contribution is -2.29. The summed E-state index contributed by atoms with van der Waals surface area (Å²) in [7, 11) is 1.46. The maximum atomic E-state index is 13.8. The molecular weight excluding hydrogens is 502 g/mol. The van der Waals surface area contributed by atoms with E-state index in [1.807, 2.05) is 6.92 Å². The molecular formula is C27H20F2N2O5S. The monoisotopic (exact) mass is 522 g/mol. The zero-order valence-corrected chi connectivity index (χ0v) is 20.5. The normalized spacial score (nSPS) is 17.0. The number of thiazole rings is 1. The number of Topliss-reactive ketones (excluding diaryl/α,β-unsaturated/α-hetero) is 1. The first-order chi connectivity index (χ1) is 17.8. The number of methoxy groups -OCH3 is 1. The third-order valence-corrected chi connectivity index (χ3v) is 6.93. The summed E-state index contributed by atoms with van der Waals surface area (Å²) in [6.07, 6.45) is 0. The third kappa shape index (κ3) is 4.29. The molecule has 1 aliphatic rings. The number of halogens is 2. The van der Waals surface area contributed by atoms with Gasteiger partial charge in [-0.1, -0.05) is 17.4 Å². The van der Waals surface area contributed by atoms with Gasteiger partial charge in [0.2, 0.25) is 0 Å². The molecule has 1 aromatic heterocycles. The Hall–Kier alpha value is -4.31. The molecule has 0 radical (unpaired) electrons. The van der Waals surface area contributed by atoms with Crippen molar-refractivity contribution in [2.24, 2.45) is 0 Å². The van der Waals surface area contributed by atoms with Gasteiger partial charge in [-0.3, -0.25) is 14.5 Å². The van der Waals surface area contributed by atoms with Crippen LogP contribution in [0.2, 0.25) is 0 Å². The average molecular weight is 523 g/mol. The van der Waals surface area contributed by atoms with Gasteiger partial charge >= 0.3 is 5.91 Å². The van der Waals surface area contributed by atoms with Crippen molar-refractivity contribution in [1.29, 1.82) is 0 Å². The van der Waals surface area contributed by atoms with Crippen molar-refractivity contribution in [3.8, 4) is 11.5 Å². The smallest absolute Gasteiger partial charge is 0.301 e. The molecule has 2 heterocycles. The lowest BCUT2D eigenvalue weighted by molar-refractivity contribution is -0.132. The number of carbonyl (C=O) groups excluding carboxylic acids is 2. The molecule has 5 rings (SSSR count). The molecule has 1 fully saturated rings. The number of ketones is 1. The van der Waals surface area contributed by atoms with Crippen molar-refractivity contribution in [2.75, 3.05) is 18.6 Å². The van der Waals surface area contributed by atoms with Crippen LogP contribution in [0.25, 0.3) is 16.0 Å². The molecule has 0 aliphatic carbocycles. The van der Waals surface area contributed by atoms with Crippen LogP contribution >= 0.6 is 11.3 Å². The molecule has 10 heteroatoms. The van der Waals surface area contributed by atoms with Crippen LogP contribution < -0.4 is 14.4 Å². The SMILES string of the molecule is CCOc1ccc(C2C(=C(O)c3ccc(F)cc3)C(=O)C(=O)N2c2nc3ccc(F)cc3s2)cc1OC. The molecule has 0 spiro atoms. The van der Waals surface area contributed by atoms with Gasteiger partial charge in [0.25, 0.3) is 5.78 Å². The summed E-state index contributed by atoms with van der Waals surface area (Å²) in [5.74, 6) is -2.49. The largest absolute Gasteiger partial charge is 0.507 e. The number of fused-ring (bicyclic) bond motifs is 1. The Labute approximate surface area is 214 Å². The highest BCUT2D eigenvalue weighted by Gasteiger charge is 2.48. The van der Waals surface area contributed by atoms with Gasteiger partial charge < -0.3 is 14.6 Å². The minimum Gasteiger partial charge on any atom is -0.507 e. The number of aliphatic hydroxyl groups is 1. The highest BCUT2D eigenvalue weighted by molar-refractivity contribution is 7.22. The second kappa shape index (κ2) is 9.62. The minimum absolute atomic E-state index is 0.152. The van der Waals surface area contributed by atoms with Crippen molar-refractivity contribution >= 4 is 44.1 Å². The average Bonchev–Trinajstić information content (AvgIpc) is 3.42. The molecule has 37 heavy (non-hydrogen) atoms. The van der Waals surface area contributed by atoms with E-state index in [-0.39, 0.29) is 16.3 Å². The summed E-state index contributed by atoms with van der Waals surface area (Å²) in [6.45, 7) is 2.21. The highest BCUT2D eigenvalue weighted by Crippen LogP contribution is 2.45. The van der Waals surface area contributed by atoms with Gasteiger partial charge in [0, 0.05) is 5.56 Å². The summed E-state index contributed by atoms with van der Waals surface area (Å²) >= 11 is 1.04. The van der Waals surface area contributed by atoms with Crippen molar-refractivity contribution in [1.82, 2.24) is 4.98 Å². The molecule has 1 saturated heterocycles. The topological polar surface area (TPSA) is 89.0 Å². The van der Waals surface area contributed by atoms with Crippen LogP contribution in [0.5, 0.6) is 11.5 Å². The first kappa shape index (κ1) is 24.4. The number of nitrogens with zero attached hydrogens (tertiary/aromatic N) is 2. The van der Waals surface area contributed by atoms with Crippen LogP contribution in [0.4, 0.5) is 13.9 Å². The Kier molecular flexibility index (Phi) is 6.34. The second-order valence-corrected chi connectivity index (χ2v) is 9.14. The highest BCUT2D eigenvalue weighted by atomic mass is 32.1. The zero-order chi connectivity index (χ0) is 26.3. The summed E-state index contributed by atoms with van der Waals surface area (Å²) in [5.41, 5.74) is 0.848. The Morgan fingerprint density at radius 3 is 2.46 bits per heavy atom. The van der Waals surface area contributed by atoms with E-state index in [2.05, 4.69) is 4.98 Å². The number of carbonyl (C=O) groups is 2. The van der Waals surface area contributed by atoms with Crippen molar-refractivity contribution in [3.05, 3.63) is 89.0 Å². The van der Waals surface area contributed by atoms with Crippen molar-refractivity contribution in [2.45, 2.75) is 13.0 Å². The van der Waals surface area contributed by atoms with E-state index in [0.717, 1.165) is 23.5 Å². The predicted octanol–water partition coefficient (Wildman–Crippen LogP) is 5.61. The van der Waals surface area contributed by atoms with E-state index < -0.39 is 35.1 Å². The maximum Gasteiger partial charge on any atom is 0.301 e. The molecule has 7 nitrogen and oxygen atoms in total. The van der Waals surface area contributed by atoms with E-state index in [9.17, 15) is 23.5 Å². The van der Waals surface area contributed by atoms with E-state index in [1.165, 1.54) is 42.3 Å². The molecule has 1 aliphatic heterocycles. The number of anilines is 1. The molecule has 4 aromatic rings. The fourth-order valence-corrected chi connectivity index (χ4v) is 5.24. The molecule has 3 aromatic carbocycles. The van der Waals surface area contributed by atoms with Crippen molar-refractivity contribution in [3.63, 3.8) is 0 Å². The number of aliphatic hydroxyl groups excluding tert-OH is 1. The fourth-order valence-electron chi connectivity index (χ4n) is 4.23. The lowest BCUT2D eigenvalue weighted by atomic mass is 9.95. The fraction of sp³-hybridized carbons (Fsp3) is 0.148. The number of hydrogen-bond donors (Lipinski definition) is 1. The Balaban J connectivity index is 1.73. The van der Waals surface area contributed by atoms with Gasteiger partial charge in [0.05, 0.1) is 35.5 Å². The van der Waals surface area contributed by atoms with E-state index in [4.69, 9.17) is 9.47 Å². The first-order valence-corrected chi connectivity index (χ1v) is 12.1. The van der Waals surface area contributed by atoms with Gasteiger partial charge in [-0.05, 0) is 67.1 Å². The number of amides is 1. The molecule has 0 bridgehead atoms. The lowest BCUT2D eigenvalue weighted by Gasteiger charge is -2.24. The standard InChI is InChI=1S/C27H20F2N2O5S/c1-3-36-19-11-6-15(12-20(19)35-2)23-22(24(32)14-4-7-16(28)8-5-14)25(33)26(34)31(23)27-30-18-10-9-17(29)13-21(18)37-27/h4-13,23,32H,3H2,1-2H3. The number of rotatable bonds is 6. The maximum absolute atomic E-state index is 13.8. The van der Waals surface area contributed by atoms with Gasteiger partial charge in [-0.15, -0.1) is 0 Å². The van der Waals surface area contributed by atoms with Crippen LogP contribution in [0.1, 0.15) is 24.1 Å². The molecule has 1 atom stereocenters. The second-order valence-electron chi connectivity index (χ2n) is 8.13. The molecule has 1 unspecified atom stereocenters. The third-order valence-electron chi connectivity index (χ3n) is 5.91. The molecule has 188 valence electrons. The Morgan fingerprint density at radius 2 is 1.76 bits per heavy atom. The van der Waals surface area contributed by atoms with Crippen molar-refractivity contribution < 1.29 is 33.0 Å². The van der Waals surface area contributed by atoms with Crippen LogP contribution in [0, 0.1) is 11.6 Å². The van der Waals surface area contributed by atoms with E-state index in [0.29, 0.717) is 33.9 Å². The number of aromatic nitrogens is 1. The predicted molar refractivity (Wildman–Crippen MR) is 135 cm³/mol. The van der Waals surface area contributed by atoms with Crippen LogP contribution in [0.3, 0.4) is 0 Å². The van der Waals surface area contributed by atoms with Gasteiger partial charge in [0.15, 0.2) is 16.6 Å². The molecule has 1 amide bonds. The number of hydrogen-bond acceptors (Lipinski definition) is 7. The Morgan fingerprint density at radius 1 is 1.03 bits per heavy atom.